The fourth-order valence-corrected chi connectivity index (χ4v) is 1.51. The van der Waals surface area contributed by atoms with Crippen LogP contribution in [0.5, 0.6) is 0 Å². The third kappa shape index (κ3) is 5.35. The van der Waals surface area contributed by atoms with Gasteiger partial charge in [-0.25, -0.2) is 0 Å². The summed E-state index contributed by atoms with van der Waals surface area (Å²) in [6, 6.07) is 3.64. The zero-order valence-corrected chi connectivity index (χ0v) is 10.3. The van der Waals surface area contributed by atoms with Gasteiger partial charge >= 0.3 is 6.18 Å². The molecule has 0 saturated carbocycles. The normalized spacial score (nSPS) is 11.6. The molecule has 1 aromatic carbocycles. The van der Waals surface area contributed by atoms with Crippen LogP contribution in [0, 0.1) is 0 Å². The first-order chi connectivity index (χ1) is 8.95. The molecule has 4 N–H and O–H groups in total. The highest BCUT2D eigenvalue weighted by atomic mass is 19.4. The van der Waals surface area contributed by atoms with Gasteiger partial charge in [-0.1, -0.05) is 0 Å². The van der Waals surface area contributed by atoms with Crippen molar-refractivity contribution in [3.8, 4) is 0 Å². The fraction of sp³-hybridized carbons (Fsp3) is 0.500. The molecule has 0 unspecified atom stereocenters. The Bertz CT molecular complexity index is 397. The summed E-state index contributed by atoms with van der Waals surface area (Å²) in [5.41, 5.74) is 4.66. The molecule has 0 radical (unpaired) electrons. The number of aliphatic hydroxyl groups excluding tert-OH is 1. The predicted molar refractivity (Wildman–Crippen MR) is 66.9 cm³/mol. The van der Waals surface area contributed by atoms with Gasteiger partial charge in [-0.3, -0.25) is 0 Å². The average Bonchev–Trinajstić information content (AvgIpc) is 2.34. The quantitative estimate of drug-likeness (QED) is 0.528. The fourth-order valence-electron chi connectivity index (χ4n) is 1.51. The number of benzene rings is 1. The number of hydrogen-bond acceptors (Lipinski definition) is 4. The lowest BCUT2D eigenvalue weighted by Crippen LogP contribution is -2.13. The van der Waals surface area contributed by atoms with E-state index in [-0.39, 0.29) is 24.6 Å². The molecule has 4 nitrogen and oxygen atoms in total. The van der Waals surface area contributed by atoms with Crippen LogP contribution in [0.3, 0.4) is 0 Å². The third-order valence-electron chi connectivity index (χ3n) is 2.37. The zero-order chi connectivity index (χ0) is 14.3. The minimum Gasteiger partial charge on any atom is -0.399 e. The molecule has 0 aliphatic heterocycles. The standard InChI is InChI=1S/C12H17F3N2O2/c13-12(14,15)10-8-9(16)2-3-11(10)17-4-1-6-19-7-5-18/h2-3,8,17-18H,1,4-7,16H2. The zero-order valence-electron chi connectivity index (χ0n) is 10.3. The second-order valence-electron chi connectivity index (χ2n) is 3.92. The number of nitrogen functional groups attached to an aromatic ring is 1. The highest BCUT2D eigenvalue weighted by Gasteiger charge is 2.33. The smallest absolute Gasteiger partial charge is 0.399 e. The first-order valence-electron chi connectivity index (χ1n) is 5.84. The summed E-state index contributed by atoms with van der Waals surface area (Å²) in [6.07, 6.45) is -3.90. The second kappa shape index (κ2) is 7.20. The summed E-state index contributed by atoms with van der Waals surface area (Å²) < 4.78 is 43.3. The van der Waals surface area contributed by atoms with Crippen molar-refractivity contribution in [1.29, 1.82) is 0 Å². The summed E-state index contributed by atoms with van der Waals surface area (Å²) in [5, 5.41) is 11.2. The van der Waals surface area contributed by atoms with Crippen LogP contribution in [-0.2, 0) is 10.9 Å². The Morgan fingerprint density at radius 2 is 2.00 bits per heavy atom. The van der Waals surface area contributed by atoms with Crippen molar-refractivity contribution in [2.75, 3.05) is 37.4 Å². The number of ether oxygens (including phenoxy) is 1. The predicted octanol–water partition coefficient (Wildman–Crippen LogP) is 2.10. The second-order valence-corrected chi connectivity index (χ2v) is 3.92. The summed E-state index contributed by atoms with van der Waals surface area (Å²) in [7, 11) is 0. The molecule has 0 saturated heterocycles. The molecule has 7 heteroatoms. The van der Waals surface area contributed by atoms with Gasteiger partial charge in [0.05, 0.1) is 18.8 Å². The molecule has 108 valence electrons. The van der Waals surface area contributed by atoms with Gasteiger partial charge < -0.3 is 20.9 Å². The summed E-state index contributed by atoms with van der Waals surface area (Å²) in [6.45, 7) is 0.890. The molecule has 0 heterocycles. The molecule has 0 bridgehead atoms. The van der Waals surface area contributed by atoms with Gasteiger partial charge in [-0.2, -0.15) is 13.2 Å². The van der Waals surface area contributed by atoms with Crippen molar-refractivity contribution >= 4 is 11.4 Å². The van der Waals surface area contributed by atoms with E-state index < -0.39 is 11.7 Å². The third-order valence-corrected chi connectivity index (χ3v) is 2.37. The minimum atomic E-state index is -4.44. The number of nitrogens with two attached hydrogens (primary N) is 1. The Morgan fingerprint density at radius 3 is 2.63 bits per heavy atom. The Morgan fingerprint density at radius 1 is 1.26 bits per heavy atom. The van der Waals surface area contributed by atoms with E-state index >= 15 is 0 Å². The Labute approximate surface area is 109 Å². The van der Waals surface area contributed by atoms with Gasteiger partial charge in [-0.05, 0) is 24.6 Å². The number of hydrogen-bond donors (Lipinski definition) is 3. The number of anilines is 2. The SMILES string of the molecule is Nc1ccc(NCCCOCCO)c(C(F)(F)F)c1. The van der Waals surface area contributed by atoms with Crippen molar-refractivity contribution in [2.24, 2.45) is 0 Å². The van der Waals surface area contributed by atoms with Gasteiger partial charge in [0.2, 0.25) is 0 Å². The molecule has 0 atom stereocenters. The molecular weight excluding hydrogens is 261 g/mol. The number of alkyl halides is 3. The van der Waals surface area contributed by atoms with E-state index in [0.717, 1.165) is 6.07 Å². The molecule has 0 aliphatic rings. The van der Waals surface area contributed by atoms with Crippen LogP contribution in [0.1, 0.15) is 12.0 Å². The van der Waals surface area contributed by atoms with Gasteiger partial charge in [0.1, 0.15) is 0 Å². The minimum absolute atomic E-state index is 0.00357. The van der Waals surface area contributed by atoms with Crippen LogP contribution in [-0.4, -0.2) is 31.5 Å². The number of aliphatic hydroxyl groups is 1. The van der Waals surface area contributed by atoms with Crippen LogP contribution >= 0.6 is 0 Å². The topological polar surface area (TPSA) is 67.5 Å². The number of halogens is 3. The highest BCUT2D eigenvalue weighted by Crippen LogP contribution is 2.35. The van der Waals surface area contributed by atoms with Gasteiger partial charge in [0.25, 0.3) is 0 Å². The molecule has 1 aromatic rings. The molecular formula is C12H17F3N2O2. The summed E-state index contributed by atoms with van der Waals surface area (Å²) in [4.78, 5) is 0. The van der Waals surface area contributed by atoms with Gasteiger partial charge in [0.15, 0.2) is 0 Å². The first-order valence-corrected chi connectivity index (χ1v) is 5.84. The largest absolute Gasteiger partial charge is 0.418 e. The lowest BCUT2D eigenvalue weighted by Gasteiger charge is -2.15. The summed E-state index contributed by atoms with van der Waals surface area (Å²) >= 11 is 0. The highest BCUT2D eigenvalue weighted by molar-refractivity contribution is 5.59. The maximum absolute atomic E-state index is 12.8. The molecule has 1 rings (SSSR count). The maximum atomic E-state index is 12.8. The van der Waals surface area contributed by atoms with Crippen LogP contribution in [0.4, 0.5) is 24.5 Å². The lowest BCUT2D eigenvalue weighted by molar-refractivity contribution is -0.136. The van der Waals surface area contributed by atoms with E-state index in [2.05, 4.69) is 5.32 Å². The Kier molecular flexibility index (Phi) is 5.91. The monoisotopic (exact) mass is 278 g/mol. The Hall–Kier alpha value is -1.47. The maximum Gasteiger partial charge on any atom is 0.418 e. The average molecular weight is 278 g/mol. The van der Waals surface area contributed by atoms with Crippen LogP contribution in [0.25, 0.3) is 0 Å². The lowest BCUT2D eigenvalue weighted by atomic mass is 10.1. The van der Waals surface area contributed by atoms with E-state index in [9.17, 15) is 13.2 Å². The molecule has 0 fully saturated rings. The van der Waals surface area contributed by atoms with E-state index in [0.29, 0.717) is 19.6 Å². The van der Waals surface area contributed by atoms with E-state index in [4.69, 9.17) is 15.6 Å². The van der Waals surface area contributed by atoms with Gasteiger partial charge in [0, 0.05) is 24.5 Å². The van der Waals surface area contributed by atoms with Crippen molar-refractivity contribution in [2.45, 2.75) is 12.6 Å². The van der Waals surface area contributed by atoms with Crippen LogP contribution < -0.4 is 11.1 Å². The molecule has 19 heavy (non-hydrogen) atoms. The van der Waals surface area contributed by atoms with Crippen molar-refractivity contribution < 1.29 is 23.0 Å². The van der Waals surface area contributed by atoms with Crippen molar-refractivity contribution in [3.63, 3.8) is 0 Å². The van der Waals surface area contributed by atoms with E-state index in [1.807, 2.05) is 0 Å². The number of nitrogens with one attached hydrogen (secondary N) is 1. The van der Waals surface area contributed by atoms with E-state index in [1.54, 1.807) is 0 Å². The number of rotatable bonds is 7. The van der Waals surface area contributed by atoms with Gasteiger partial charge in [-0.15, -0.1) is 0 Å². The first kappa shape index (κ1) is 15.6. The molecule has 0 aromatic heterocycles. The van der Waals surface area contributed by atoms with Crippen molar-refractivity contribution in [1.82, 2.24) is 0 Å². The molecule has 0 spiro atoms. The van der Waals surface area contributed by atoms with Crippen LogP contribution in [0.2, 0.25) is 0 Å². The van der Waals surface area contributed by atoms with Crippen molar-refractivity contribution in [3.05, 3.63) is 23.8 Å². The van der Waals surface area contributed by atoms with Crippen LogP contribution in [0.15, 0.2) is 18.2 Å². The molecule has 0 amide bonds. The summed E-state index contributed by atoms with van der Waals surface area (Å²) in [5.74, 6) is 0. The molecule has 0 aliphatic carbocycles. The van der Waals surface area contributed by atoms with E-state index in [1.165, 1.54) is 12.1 Å². The Balaban J connectivity index is 2.54.